The van der Waals surface area contributed by atoms with Gasteiger partial charge in [0.1, 0.15) is 0 Å². The third-order valence-electron chi connectivity index (χ3n) is 2.67. The number of benzene rings is 1. The minimum atomic E-state index is -0.873. The molecule has 102 valence electrons. The van der Waals surface area contributed by atoms with Gasteiger partial charge < -0.3 is 14.8 Å². The molecular formula is C13H19F2NO2. The van der Waals surface area contributed by atoms with Gasteiger partial charge in [0, 0.05) is 19.8 Å². The highest BCUT2D eigenvalue weighted by Crippen LogP contribution is 2.24. The number of methoxy groups -OCH3 is 2. The van der Waals surface area contributed by atoms with Crippen LogP contribution in [0.4, 0.5) is 8.78 Å². The van der Waals surface area contributed by atoms with Crippen molar-refractivity contribution in [1.29, 1.82) is 0 Å². The first-order valence-electron chi connectivity index (χ1n) is 5.88. The smallest absolute Gasteiger partial charge is 0.176 e. The molecule has 0 aliphatic heterocycles. The van der Waals surface area contributed by atoms with Crippen molar-refractivity contribution in [2.75, 3.05) is 20.8 Å². The topological polar surface area (TPSA) is 30.5 Å². The summed E-state index contributed by atoms with van der Waals surface area (Å²) < 4.78 is 37.3. The zero-order chi connectivity index (χ0) is 13.5. The normalized spacial score (nSPS) is 13.0. The van der Waals surface area contributed by atoms with Crippen molar-refractivity contribution in [3.8, 4) is 0 Å². The van der Waals surface area contributed by atoms with E-state index in [9.17, 15) is 8.78 Å². The molecule has 3 nitrogen and oxygen atoms in total. The predicted octanol–water partition coefficient (Wildman–Crippen LogP) is 2.62. The van der Waals surface area contributed by atoms with Crippen molar-refractivity contribution in [3.63, 3.8) is 0 Å². The third kappa shape index (κ3) is 3.48. The molecule has 1 unspecified atom stereocenters. The summed E-state index contributed by atoms with van der Waals surface area (Å²) >= 11 is 0. The van der Waals surface area contributed by atoms with E-state index in [2.05, 4.69) is 5.32 Å². The molecule has 0 aliphatic rings. The SMILES string of the molecule is CCCNC(c1cccc(F)c1F)C(OC)OC. The van der Waals surface area contributed by atoms with E-state index >= 15 is 0 Å². The lowest BCUT2D eigenvalue weighted by Gasteiger charge is -2.26. The fourth-order valence-corrected chi connectivity index (χ4v) is 1.78. The Morgan fingerprint density at radius 2 is 1.89 bits per heavy atom. The number of rotatable bonds is 7. The number of halogens is 2. The summed E-state index contributed by atoms with van der Waals surface area (Å²) in [5.74, 6) is -1.74. The molecule has 0 fully saturated rings. The lowest BCUT2D eigenvalue weighted by molar-refractivity contribution is -0.124. The van der Waals surface area contributed by atoms with Gasteiger partial charge in [0.05, 0.1) is 6.04 Å². The van der Waals surface area contributed by atoms with Crippen LogP contribution in [0.25, 0.3) is 0 Å². The lowest BCUT2D eigenvalue weighted by atomic mass is 10.1. The minimum absolute atomic E-state index is 0.206. The van der Waals surface area contributed by atoms with Gasteiger partial charge in [-0.25, -0.2) is 8.78 Å². The molecule has 18 heavy (non-hydrogen) atoms. The number of hydrogen-bond acceptors (Lipinski definition) is 3. The molecular weight excluding hydrogens is 240 g/mol. The van der Waals surface area contributed by atoms with Crippen LogP contribution in [0.2, 0.25) is 0 Å². The quantitative estimate of drug-likeness (QED) is 0.764. The van der Waals surface area contributed by atoms with Crippen molar-refractivity contribution in [2.45, 2.75) is 25.7 Å². The summed E-state index contributed by atoms with van der Waals surface area (Å²) in [6.45, 7) is 2.64. The molecule has 1 aromatic carbocycles. The van der Waals surface area contributed by atoms with E-state index in [1.54, 1.807) is 0 Å². The monoisotopic (exact) mass is 259 g/mol. The highest BCUT2D eigenvalue weighted by atomic mass is 19.2. The van der Waals surface area contributed by atoms with Gasteiger partial charge >= 0.3 is 0 Å². The number of hydrogen-bond donors (Lipinski definition) is 1. The second-order valence-electron chi connectivity index (χ2n) is 3.91. The van der Waals surface area contributed by atoms with Crippen molar-refractivity contribution < 1.29 is 18.3 Å². The molecule has 0 heterocycles. The molecule has 0 radical (unpaired) electrons. The van der Waals surface area contributed by atoms with Gasteiger partial charge in [0.15, 0.2) is 17.9 Å². The molecule has 5 heteroatoms. The van der Waals surface area contributed by atoms with E-state index in [4.69, 9.17) is 9.47 Å². The van der Waals surface area contributed by atoms with Gasteiger partial charge in [0.25, 0.3) is 0 Å². The van der Waals surface area contributed by atoms with Crippen molar-refractivity contribution >= 4 is 0 Å². The van der Waals surface area contributed by atoms with Gasteiger partial charge in [0.2, 0.25) is 0 Å². The van der Waals surface area contributed by atoms with E-state index in [0.717, 1.165) is 12.5 Å². The highest BCUT2D eigenvalue weighted by Gasteiger charge is 2.26. The van der Waals surface area contributed by atoms with Gasteiger partial charge in [-0.15, -0.1) is 0 Å². The molecule has 1 aromatic rings. The first-order valence-corrected chi connectivity index (χ1v) is 5.88. The Labute approximate surface area is 106 Å². The van der Waals surface area contributed by atoms with Crippen LogP contribution in [0.1, 0.15) is 24.9 Å². The van der Waals surface area contributed by atoms with Crippen molar-refractivity contribution in [1.82, 2.24) is 5.32 Å². The molecule has 1 atom stereocenters. The molecule has 0 spiro atoms. The highest BCUT2D eigenvalue weighted by molar-refractivity contribution is 5.23. The largest absolute Gasteiger partial charge is 0.354 e. The van der Waals surface area contributed by atoms with Crippen molar-refractivity contribution in [2.24, 2.45) is 0 Å². The first kappa shape index (κ1) is 15.0. The zero-order valence-electron chi connectivity index (χ0n) is 10.9. The number of nitrogens with one attached hydrogen (secondary N) is 1. The summed E-state index contributed by atoms with van der Waals surface area (Å²) in [4.78, 5) is 0. The third-order valence-corrected chi connectivity index (χ3v) is 2.67. The standard InChI is InChI=1S/C13H19F2NO2/c1-4-8-16-12(13(17-2)18-3)9-6-5-7-10(14)11(9)15/h5-7,12-13,16H,4,8H2,1-3H3. The van der Waals surface area contributed by atoms with Crippen LogP contribution >= 0.6 is 0 Å². The van der Waals surface area contributed by atoms with Crippen LogP contribution in [0, 0.1) is 11.6 Å². The van der Waals surface area contributed by atoms with Crippen LogP contribution in [-0.2, 0) is 9.47 Å². The Bertz CT molecular complexity index is 370. The molecule has 0 saturated heterocycles. The molecule has 0 aromatic heterocycles. The Hall–Kier alpha value is -1.04. The molecule has 0 bridgehead atoms. The van der Waals surface area contributed by atoms with Crippen LogP contribution in [0.3, 0.4) is 0 Å². The second-order valence-corrected chi connectivity index (χ2v) is 3.91. The summed E-state index contributed by atoms with van der Waals surface area (Å²) in [7, 11) is 2.93. The summed E-state index contributed by atoms with van der Waals surface area (Å²) in [5, 5.41) is 3.10. The average Bonchev–Trinajstić information content (AvgIpc) is 2.38. The molecule has 0 amide bonds. The van der Waals surface area contributed by atoms with Gasteiger partial charge in [-0.2, -0.15) is 0 Å². The lowest BCUT2D eigenvalue weighted by Crippen LogP contribution is -2.35. The van der Waals surface area contributed by atoms with Gasteiger partial charge in [-0.05, 0) is 19.0 Å². The second kappa shape index (κ2) is 7.41. The fourth-order valence-electron chi connectivity index (χ4n) is 1.78. The Balaban J connectivity index is 3.04. The van der Waals surface area contributed by atoms with Crippen LogP contribution in [0.15, 0.2) is 18.2 Å². The van der Waals surface area contributed by atoms with E-state index in [0.29, 0.717) is 6.54 Å². The summed E-state index contributed by atoms with van der Waals surface area (Å²) in [5.41, 5.74) is 0.206. The fraction of sp³-hybridized carbons (Fsp3) is 0.538. The van der Waals surface area contributed by atoms with Gasteiger partial charge in [-0.1, -0.05) is 19.1 Å². The number of ether oxygens (including phenoxy) is 2. The Morgan fingerprint density at radius 1 is 1.22 bits per heavy atom. The van der Waals surface area contributed by atoms with Crippen molar-refractivity contribution in [3.05, 3.63) is 35.4 Å². The summed E-state index contributed by atoms with van der Waals surface area (Å²) in [6.07, 6.45) is 0.195. The van der Waals surface area contributed by atoms with E-state index < -0.39 is 24.0 Å². The minimum Gasteiger partial charge on any atom is -0.354 e. The van der Waals surface area contributed by atoms with Crippen LogP contribution in [0.5, 0.6) is 0 Å². The van der Waals surface area contributed by atoms with Crippen LogP contribution in [-0.4, -0.2) is 27.1 Å². The van der Waals surface area contributed by atoms with E-state index in [-0.39, 0.29) is 5.56 Å². The maximum absolute atomic E-state index is 13.8. The molecule has 0 aliphatic carbocycles. The van der Waals surface area contributed by atoms with Gasteiger partial charge in [-0.3, -0.25) is 0 Å². The maximum atomic E-state index is 13.8. The molecule has 1 N–H and O–H groups in total. The average molecular weight is 259 g/mol. The first-order chi connectivity index (χ1) is 8.65. The maximum Gasteiger partial charge on any atom is 0.176 e. The van der Waals surface area contributed by atoms with E-state index in [1.165, 1.54) is 26.4 Å². The zero-order valence-corrected chi connectivity index (χ0v) is 10.9. The van der Waals surface area contributed by atoms with E-state index in [1.807, 2.05) is 6.92 Å². The Morgan fingerprint density at radius 3 is 2.44 bits per heavy atom. The molecule has 1 rings (SSSR count). The predicted molar refractivity (Wildman–Crippen MR) is 65.2 cm³/mol. The summed E-state index contributed by atoms with van der Waals surface area (Å²) in [6, 6.07) is 3.54. The van der Waals surface area contributed by atoms with Crippen LogP contribution < -0.4 is 5.32 Å². The molecule has 0 saturated carbocycles. The Kier molecular flexibility index (Phi) is 6.18.